The summed E-state index contributed by atoms with van der Waals surface area (Å²) in [5.41, 5.74) is -0.220. The van der Waals surface area contributed by atoms with Gasteiger partial charge in [0.15, 0.2) is 5.69 Å². The standard InChI is InChI=1S/C31H29F3N4O3S.C2H6/c1-19-6-3-2-4-16-38(17-14-21-18-25(42-26(19)21)29(40)37-23-12-13-23)30(41)20-8-10-22(11-9-20)36-28(39)24-7-5-15-35-27(24)31(32,33)34;1-2/h2-11,15,18-19,23H,12-14,16-17H2,1H3,(H,36,39)(H,37,40);1-2H3/b4-2-,6-3-;. The Balaban J connectivity index is 0.00000216. The highest BCUT2D eigenvalue weighted by Gasteiger charge is 2.37. The second kappa shape index (κ2) is 14.5. The molecule has 11 heteroatoms. The molecule has 0 radical (unpaired) electrons. The molecule has 0 bridgehead atoms. The third kappa shape index (κ3) is 8.22. The highest BCUT2D eigenvalue weighted by atomic mass is 32.1. The molecule has 232 valence electrons. The fourth-order valence-electron chi connectivity index (χ4n) is 4.63. The van der Waals surface area contributed by atoms with Crippen LogP contribution < -0.4 is 10.6 Å². The van der Waals surface area contributed by atoms with Gasteiger partial charge < -0.3 is 15.5 Å². The number of allylic oxidation sites excluding steroid dienone is 3. The fourth-order valence-corrected chi connectivity index (χ4v) is 5.77. The first-order valence-electron chi connectivity index (χ1n) is 14.6. The van der Waals surface area contributed by atoms with Crippen molar-refractivity contribution in [3.8, 4) is 0 Å². The third-order valence-corrected chi connectivity index (χ3v) is 8.39. The van der Waals surface area contributed by atoms with E-state index in [9.17, 15) is 27.6 Å². The number of pyridine rings is 1. The summed E-state index contributed by atoms with van der Waals surface area (Å²) in [5, 5.41) is 5.49. The molecule has 7 nitrogen and oxygen atoms in total. The van der Waals surface area contributed by atoms with Gasteiger partial charge in [-0.1, -0.05) is 45.1 Å². The van der Waals surface area contributed by atoms with Gasteiger partial charge in [0.05, 0.1) is 10.4 Å². The molecule has 1 unspecified atom stereocenters. The Morgan fingerprint density at radius 1 is 1.02 bits per heavy atom. The summed E-state index contributed by atoms with van der Waals surface area (Å²) in [6, 6.07) is 10.5. The van der Waals surface area contributed by atoms with Crippen LogP contribution >= 0.6 is 11.3 Å². The van der Waals surface area contributed by atoms with Crippen molar-refractivity contribution in [2.24, 2.45) is 0 Å². The number of alkyl halides is 3. The molecule has 0 saturated heterocycles. The number of benzene rings is 1. The Morgan fingerprint density at radius 3 is 2.43 bits per heavy atom. The predicted octanol–water partition coefficient (Wildman–Crippen LogP) is 7.25. The molecule has 1 fully saturated rings. The van der Waals surface area contributed by atoms with E-state index in [2.05, 4.69) is 28.6 Å². The Bertz CT molecular complexity index is 1540. The molecule has 1 aliphatic heterocycles. The topological polar surface area (TPSA) is 91.4 Å². The molecule has 2 aliphatic rings. The first kappa shape index (κ1) is 32.7. The van der Waals surface area contributed by atoms with Gasteiger partial charge in [-0.15, -0.1) is 11.3 Å². The first-order valence-corrected chi connectivity index (χ1v) is 15.4. The first-order chi connectivity index (χ1) is 21.1. The second-order valence-corrected chi connectivity index (χ2v) is 11.4. The molecule has 1 aliphatic carbocycles. The van der Waals surface area contributed by atoms with Crippen LogP contribution in [0.5, 0.6) is 0 Å². The van der Waals surface area contributed by atoms with Gasteiger partial charge in [-0.05, 0) is 67.3 Å². The lowest BCUT2D eigenvalue weighted by molar-refractivity contribution is -0.141. The average molecular weight is 625 g/mol. The van der Waals surface area contributed by atoms with Gasteiger partial charge in [0.25, 0.3) is 17.7 Å². The van der Waals surface area contributed by atoms with Crippen LogP contribution in [0.3, 0.4) is 0 Å². The van der Waals surface area contributed by atoms with Crippen LogP contribution in [0.25, 0.3) is 0 Å². The summed E-state index contributed by atoms with van der Waals surface area (Å²) in [5.74, 6) is -1.13. The predicted molar refractivity (Wildman–Crippen MR) is 166 cm³/mol. The second-order valence-electron chi connectivity index (χ2n) is 10.3. The molecule has 1 atom stereocenters. The molecular formula is C33H35F3N4O3S. The molecule has 2 N–H and O–H groups in total. The van der Waals surface area contributed by atoms with Crippen molar-refractivity contribution in [1.29, 1.82) is 0 Å². The smallest absolute Gasteiger partial charge is 0.349 e. The monoisotopic (exact) mass is 624 g/mol. The van der Waals surface area contributed by atoms with Crippen molar-refractivity contribution >= 4 is 34.7 Å². The summed E-state index contributed by atoms with van der Waals surface area (Å²) in [6.45, 7) is 6.87. The minimum atomic E-state index is -4.77. The number of anilines is 1. The van der Waals surface area contributed by atoms with Gasteiger partial charge >= 0.3 is 6.18 Å². The number of aromatic nitrogens is 1. The van der Waals surface area contributed by atoms with Gasteiger partial charge in [0.2, 0.25) is 0 Å². The van der Waals surface area contributed by atoms with Gasteiger partial charge in [0.1, 0.15) is 0 Å². The number of amides is 3. The van der Waals surface area contributed by atoms with Crippen molar-refractivity contribution in [2.45, 2.75) is 58.2 Å². The van der Waals surface area contributed by atoms with E-state index in [4.69, 9.17) is 0 Å². The summed E-state index contributed by atoms with van der Waals surface area (Å²) in [7, 11) is 0. The highest BCUT2D eigenvalue weighted by molar-refractivity contribution is 7.14. The minimum absolute atomic E-state index is 0.0589. The number of nitrogens with zero attached hydrogens (tertiary/aromatic N) is 2. The maximum Gasteiger partial charge on any atom is 0.434 e. The number of nitrogens with one attached hydrogen (secondary N) is 2. The van der Waals surface area contributed by atoms with E-state index in [0.717, 1.165) is 35.5 Å². The Kier molecular flexibility index (Phi) is 10.7. The van der Waals surface area contributed by atoms with Crippen LogP contribution in [0.15, 0.2) is 73.0 Å². The quantitative estimate of drug-likeness (QED) is 0.313. The van der Waals surface area contributed by atoms with Crippen LogP contribution in [0.1, 0.15) is 86.1 Å². The van der Waals surface area contributed by atoms with Gasteiger partial charge in [-0.3, -0.25) is 19.4 Å². The lowest BCUT2D eigenvalue weighted by atomic mass is 10.0. The Labute approximate surface area is 258 Å². The number of hydrogen-bond donors (Lipinski definition) is 2. The van der Waals surface area contributed by atoms with Crippen molar-refractivity contribution in [1.82, 2.24) is 15.2 Å². The Morgan fingerprint density at radius 2 is 1.75 bits per heavy atom. The SMILES string of the molecule is CC.CC1/C=C\C=C/CN(C(=O)c2ccc(NC(=O)c3cccnc3C(F)(F)F)cc2)CCc2cc(C(=O)NC3CC3)sc21. The molecule has 1 saturated carbocycles. The number of thiophene rings is 1. The van der Waals surface area contributed by atoms with Crippen LogP contribution in [-0.4, -0.2) is 46.7 Å². The average Bonchev–Trinajstić information content (AvgIpc) is 3.73. The number of fused-ring (bicyclic) bond motifs is 1. The van der Waals surface area contributed by atoms with Crippen molar-refractivity contribution in [2.75, 3.05) is 18.4 Å². The number of carbonyl (C=O) groups is 3. The maximum absolute atomic E-state index is 13.5. The largest absolute Gasteiger partial charge is 0.434 e. The molecule has 0 spiro atoms. The number of carbonyl (C=O) groups excluding carboxylic acids is 3. The van der Waals surface area contributed by atoms with Crippen molar-refractivity contribution in [3.05, 3.63) is 105 Å². The van der Waals surface area contributed by atoms with Gasteiger partial charge in [0, 0.05) is 47.4 Å². The number of rotatable bonds is 5. The van der Waals surface area contributed by atoms with Gasteiger partial charge in [-0.25, -0.2) is 0 Å². The van der Waals surface area contributed by atoms with E-state index in [-0.39, 0.29) is 29.5 Å². The van der Waals surface area contributed by atoms with Crippen LogP contribution in [0.2, 0.25) is 0 Å². The van der Waals surface area contributed by atoms with Gasteiger partial charge in [-0.2, -0.15) is 13.2 Å². The molecule has 44 heavy (non-hydrogen) atoms. The normalized spacial score (nSPS) is 18.0. The van der Waals surface area contributed by atoms with E-state index in [1.54, 1.807) is 4.90 Å². The Hall–Kier alpha value is -4.25. The zero-order valence-corrected chi connectivity index (χ0v) is 25.6. The zero-order valence-electron chi connectivity index (χ0n) is 24.8. The molecule has 3 heterocycles. The van der Waals surface area contributed by atoms with Crippen molar-refractivity contribution < 1.29 is 27.6 Å². The number of hydrogen-bond acceptors (Lipinski definition) is 5. The highest BCUT2D eigenvalue weighted by Crippen LogP contribution is 2.33. The van der Waals surface area contributed by atoms with E-state index >= 15 is 0 Å². The summed E-state index contributed by atoms with van der Waals surface area (Å²) in [6.07, 6.45) is 6.60. The van der Waals surface area contributed by atoms with Crippen LogP contribution in [0, 0.1) is 0 Å². The third-order valence-electron chi connectivity index (χ3n) is 7.01. The van der Waals surface area contributed by atoms with E-state index in [0.29, 0.717) is 30.0 Å². The molecule has 3 aromatic rings. The van der Waals surface area contributed by atoms with Crippen molar-refractivity contribution in [3.63, 3.8) is 0 Å². The van der Waals surface area contributed by atoms with E-state index < -0.39 is 23.3 Å². The molecular weight excluding hydrogens is 589 g/mol. The molecule has 3 amide bonds. The number of halogens is 3. The van der Waals surface area contributed by atoms with E-state index in [1.165, 1.54) is 41.7 Å². The summed E-state index contributed by atoms with van der Waals surface area (Å²) in [4.78, 5) is 45.5. The minimum Gasteiger partial charge on any atom is -0.349 e. The van der Waals surface area contributed by atoms with E-state index in [1.807, 2.05) is 38.1 Å². The maximum atomic E-state index is 13.5. The lowest BCUT2D eigenvalue weighted by Gasteiger charge is -2.22. The summed E-state index contributed by atoms with van der Waals surface area (Å²) >= 11 is 1.49. The summed E-state index contributed by atoms with van der Waals surface area (Å²) < 4.78 is 39.8. The zero-order chi connectivity index (χ0) is 31.9. The van der Waals surface area contributed by atoms with Crippen LogP contribution in [0.4, 0.5) is 18.9 Å². The van der Waals surface area contributed by atoms with Crippen LogP contribution in [-0.2, 0) is 12.6 Å². The molecule has 1 aromatic carbocycles. The molecule has 2 aromatic heterocycles. The fraction of sp³-hybridized carbons (Fsp3) is 0.333. The molecule has 5 rings (SSSR count). The lowest BCUT2D eigenvalue weighted by Crippen LogP contribution is -2.33.